The molecule has 1 amide bonds. The molecule has 19 heavy (non-hydrogen) atoms. The third-order valence-electron chi connectivity index (χ3n) is 2.91. The third kappa shape index (κ3) is 5.83. The molecule has 1 rings (SSSR count). The Kier molecular flexibility index (Phi) is 6.50. The van der Waals surface area contributed by atoms with Crippen LogP contribution in [0, 0.1) is 5.92 Å². The fourth-order valence-electron chi connectivity index (χ4n) is 1.74. The summed E-state index contributed by atoms with van der Waals surface area (Å²) in [5.74, 6) is 0.619. The standard InChI is InChI=1S/C15H22N2OS/c1-12(2)8-10-17(11-9-14(16)19)15(18)13-6-4-3-5-7-13/h3-7,12H,8-11H2,1-2H3,(H2,16,19). The number of nitrogens with zero attached hydrogens (tertiary/aromatic N) is 1. The minimum atomic E-state index is 0.0532. The van der Waals surface area contributed by atoms with Gasteiger partial charge in [0.1, 0.15) is 0 Å². The predicted octanol–water partition coefficient (Wildman–Crippen LogP) is 2.85. The van der Waals surface area contributed by atoms with Crippen LogP contribution < -0.4 is 5.73 Å². The van der Waals surface area contributed by atoms with Crippen molar-refractivity contribution in [2.75, 3.05) is 13.1 Å². The highest BCUT2D eigenvalue weighted by Gasteiger charge is 2.15. The average molecular weight is 278 g/mol. The quantitative estimate of drug-likeness (QED) is 0.780. The van der Waals surface area contributed by atoms with E-state index in [0.29, 0.717) is 29.4 Å². The summed E-state index contributed by atoms with van der Waals surface area (Å²) in [4.78, 5) is 14.7. The van der Waals surface area contributed by atoms with Gasteiger partial charge in [-0.1, -0.05) is 44.3 Å². The molecule has 2 N–H and O–H groups in total. The van der Waals surface area contributed by atoms with Crippen molar-refractivity contribution in [1.82, 2.24) is 4.90 Å². The van der Waals surface area contributed by atoms with Crippen molar-refractivity contribution < 1.29 is 4.79 Å². The van der Waals surface area contributed by atoms with E-state index < -0.39 is 0 Å². The highest BCUT2D eigenvalue weighted by atomic mass is 32.1. The summed E-state index contributed by atoms with van der Waals surface area (Å²) in [6, 6.07) is 9.34. The lowest BCUT2D eigenvalue weighted by Crippen LogP contribution is -2.35. The van der Waals surface area contributed by atoms with Gasteiger partial charge < -0.3 is 10.6 Å². The molecule has 0 aromatic heterocycles. The number of carbonyl (C=O) groups is 1. The summed E-state index contributed by atoms with van der Waals surface area (Å²) in [5.41, 5.74) is 6.25. The van der Waals surface area contributed by atoms with Gasteiger partial charge in [0.25, 0.3) is 5.91 Å². The van der Waals surface area contributed by atoms with Crippen LogP contribution in [0.5, 0.6) is 0 Å². The van der Waals surface area contributed by atoms with Crippen molar-refractivity contribution in [3.05, 3.63) is 35.9 Å². The molecule has 104 valence electrons. The number of thiocarbonyl (C=S) groups is 1. The number of nitrogens with two attached hydrogens (primary N) is 1. The van der Waals surface area contributed by atoms with E-state index in [1.807, 2.05) is 35.2 Å². The monoisotopic (exact) mass is 278 g/mol. The highest BCUT2D eigenvalue weighted by Crippen LogP contribution is 2.09. The molecule has 0 aliphatic heterocycles. The van der Waals surface area contributed by atoms with Crippen molar-refractivity contribution in [2.24, 2.45) is 11.7 Å². The van der Waals surface area contributed by atoms with Gasteiger partial charge >= 0.3 is 0 Å². The van der Waals surface area contributed by atoms with Crippen LogP contribution in [0.25, 0.3) is 0 Å². The Bertz CT molecular complexity index is 417. The van der Waals surface area contributed by atoms with E-state index in [4.69, 9.17) is 18.0 Å². The van der Waals surface area contributed by atoms with E-state index in [1.54, 1.807) is 0 Å². The van der Waals surface area contributed by atoms with Gasteiger partial charge in [-0.05, 0) is 24.5 Å². The van der Waals surface area contributed by atoms with E-state index >= 15 is 0 Å². The predicted molar refractivity (Wildman–Crippen MR) is 83.2 cm³/mol. The van der Waals surface area contributed by atoms with Crippen LogP contribution >= 0.6 is 12.2 Å². The van der Waals surface area contributed by atoms with Crippen LogP contribution in [0.1, 0.15) is 37.0 Å². The molecular formula is C15H22N2OS. The number of carbonyl (C=O) groups excluding carboxylic acids is 1. The number of hydrogen-bond acceptors (Lipinski definition) is 2. The Morgan fingerprint density at radius 2 is 1.89 bits per heavy atom. The van der Waals surface area contributed by atoms with Crippen LogP contribution in [0.4, 0.5) is 0 Å². The van der Waals surface area contributed by atoms with Crippen molar-refractivity contribution in [1.29, 1.82) is 0 Å². The topological polar surface area (TPSA) is 46.3 Å². The second-order valence-electron chi connectivity index (χ2n) is 5.06. The lowest BCUT2D eigenvalue weighted by atomic mass is 10.1. The summed E-state index contributed by atoms with van der Waals surface area (Å²) in [6.45, 7) is 5.64. The lowest BCUT2D eigenvalue weighted by Gasteiger charge is -2.23. The fraction of sp³-hybridized carbons (Fsp3) is 0.467. The molecule has 0 unspecified atom stereocenters. The summed E-state index contributed by atoms with van der Waals surface area (Å²) in [7, 11) is 0. The molecule has 4 heteroatoms. The SMILES string of the molecule is CC(C)CCN(CCC(N)=S)C(=O)c1ccccc1. The first-order valence-corrected chi connectivity index (χ1v) is 7.04. The zero-order chi connectivity index (χ0) is 14.3. The molecule has 1 aromatic rings. The maximum Gasteiger partial charge on any atom is 0.253 e. The van der Waals surface area contributed by atoms with Gasteiger partial charge in [-0.3, -0.25) is 4.79 Å². The van der Waals surface area contributed by atoms with Gasteiger partial charge in [-0.2, -0.15) is 0 Å². The van der Waals surface area contributed by atoms with Crippen LogP contribution in [-0.4, -0.2) is 28.9 Å². The minimum Gasteiger partial charge on any atom is -0.393 e. The summed E-state index contributed by atoms with van der Waals surface area (Å²) < 4.78 is 0. The molecule has 0 saturated heterocycles. The van der Waals surface area contributed by atoms with Crippen molar-refractivity contribution >= 4 is 23.1 Å². The first kappa shape index (κ1) is 15.6. The molecule has 0 spiro atoms. The molecule has 0 heterocycles. The molecule has 0 saturated carbocycles. The summed E-state index contributed by atoms with van der Waals surface area (Å²) in [5, 5.41) is 0. The van der Waals surface area contributed by atoms with Gasteiger partial charge in [0.05, 0.1) is 4.99 Å². The summed E-state index contributed by atoms with van der Waals surface area (Å²) >= 11 is 4.89. The van der Waals surface area contributed by atoms with Gasteiger partial charge in [0, 0.05) is 25.1 Å². The van der Waals surface area contributed by atoms with E-state index in [0.717, 1.165) is 13.0 Å². The minimum absolute atomic E-state index is 0.0532. The molecule has 0 fully saturated rings. The molecular weight excluding hydrogens is 256 g/mol. The maximum absolute atomic E-state index is 12.4. The number of amides is 1. The van der Waals surface area contributed by atoms with Crippen LogP contribution in [0.2, 0.25) is 0 Å². The number of rotatable bonds is 7. The molecule has 0 bridgehead atoms. The van der Waals surface area contributed by atoms with Crippen LogP contribution in [0.3, 0.4) is 0 Å². The molecule has 3 nitrogen and oxygen atoms in total. The molecule has 0 radical (unpaired) electrons. The second-order valence-corrected chi connectivity index (χ2v) is 5.58. The average Bonchev–Trinajstić information content (AvgIpc) is 2.38. The van der Waals surface area contributed by atoms with Gasteiger partial charge in [0.2, 0.25) is 0 Å². The lowest BCUT2D eigenvalue weighted by molar-refractivity contribution is 0.0753. The zero-order valence-electron chi connectivity index (χ0n) is 11.6. The van der Waals surface area contributed by atoms with E-state index in [-0.39, 0.29) is 5.91 Å². The number of hydrogen-bond donors (Lipinski definition) is 1. The first-order chi connectivity index (χ1) is 9.00. The Labute approximate surface area is 120 Å². The third-order valence-corrected chi connectivity index (χ3v) is 3.12. The van der Waals surface area contributed by atoms with Crippen molar-refractivity contribution in [3.8, 4) is 0 Å². The second kappa shape index (κ2) is 7.89. The number of benzene rings is 1. The zero-order valence-corrected chi connectivity index (χ0v) is 12.5. The maximum atomic E-state index is 12.4. The molecule has 0 atom stereocenters. The van der Waals surface area contributed by atoms with Crippen molar-refractivity contribution in [2.45, 2.75) is 26.7 Å². The largest absolute Gasteiger partial charge is 0.393 e. The Hall–Kier alpha value is -1.42. The normalized spacial score (nSPS) is 10.5. The van der Waals surface area contributed by atoms with Gasteiger partial charge in [-0.25, -0.2) is 0 Å². The smallest absolute Gasteiger partial charge is 0.253 e. The van der Waals surface area contributed by atoms with Crippen molar-refractivity contribution in [3.63, 3.8) is 0 Å². The molecule has 0 aliphatic rings. The molecule has 1 aromatic carbocycles. The Morgan fingerprint density at radius 3 is 2.42 bits per heavy atom. The fourth-order valence-corrected chi connectivity index (χ4v) is 1.83. The van der Waals surface area contributed by atoms with Crippen LogP contribution in [0.15, 0.2) is 30.3 Å². The Morgan fingerprint density at radius 1 is 1.26 bits per heavy atom. The van der Waals surface area contributed by atoms with E-state index in [2.05, 4.69) is 13.8 Å². The van der Waals surface area contributed by atoms with E-state index in [9.17, 15) is 4.79 Å². The van der Waals surface area contributed by atoms with E-state index in [1.165, 1.54) is 0 Å². The van der Waals surface area contributed by atoms with Gasteiger partial charge in [-0.15, -0.1) is 0 Å². The highest BCUT2D eigenvalue weighted by molar-refractivity contribution is 7.80. The molecule has 0 aliphatic carbocycles. The van der Waals surface area contributed by atoms with Crippen LogP contribution in [-0.2, 0) is 0 Å². The van der Waals surface area contributed by atoms with Gasteiger partial charge in [0.15, 0.2) is 0 Å². The first-order valence-electron chi connectivity index (χ1n) is 6.63. The Balaban J connectivity index is 2.71. The summed E-state index contributed by atoms with van der Waals surface area (Å²) in [6.07, 6.45) is 1.56.